The maximum atomic E-state index is 11.9. The Bertz CT molecular complexity index is 456. The normalized spacial score (nSPS) is 23.0. The maximum absolute atomic E-state index is 11.9. The smallest absolute Gasteiger partial charge is 0.251 e. The lowest BCUT2D eigenvalue weighted by Gasteiger charge is -2.23. The number of ether oxygens (including phenoxy) is 1. The van der Waals surface area contributed by atoms with E-state index in [4.69, 9.17) is 4.74 Å². The minimum Gasteiger partial charge on any atom is -0.507 e. The molecule has 1 aliphatic heterocycles. The van der Waals surface area contributed by atoms with Crippen LogP contribution in [0.2, 0.25) is 0 Å². The SMILES string of the molecule is CC1(CNC(=O)c2ccc(Br)c(O)c2)CCCO1. The first kappa shape index (κ1) is 13.4. The summed E-state index contributed by atoms with van der Waals surface area (Å²) in [5.74, 6) is -0.138. The van der Waals surface area contributed by atoms with Crippen molar-refractivity contribution in [3.63, 3.8) is 0 Å². The van der Waals surface area contributed by atoms with Crippen molar-refractivity contribution in [1.29, 1.82) is 0 Å². The monoisotopic (exact) mass is 313 g/mol. The molecule has 1 aromatic rings. The Kier molecular flexibility index (Phi) is 3.92. The molecule has 98 valence electrons. The van der Waals surface area contributed by atoms with Crippen LogP contribution in [0.4, 0.5) is 0 Å². The third kappa shape index (κ3) is 3.03. The first-order valence-electron chi connectivity index (χ1n) is 5.91. The van der Waals surface area contributed by atoms with Crippen LogP contribution >= 0.6 is 15.9 Å². The van der Waals surface area contributed by atoms with Gasteiger partial charge in [-0.15, -0.1) is 0 Å². The summed E-state index contributed by atoms with van der Waals surface area (Å²) in [6, 6.07) is 4.76. The van der Waals surface area contributed by atoms with E-state index < -0.39 is 0 Å². The van der Waals surface area contributed by atoms with Gasteiger partial charge in [0.1, 0.15) is 5.75 Å². The average molecular weight is 314 g/mol. The maximum Gasteiger partial charge on any atom is 0.251 e. The number of carbonyl (C=O) groups excluding carboxylic acids is 1. The molecule has 1 aliphatic rings. The summed E-state index contributed by atoms with van der Waals surface area (Å²) >= 11 is 3.18. The van der Waals surface area contributed by atoms with Crippen molar-refractivity contribution < 1.29 is 14.6 Å². The lowest BCUT2D eigenvalue weighted by molar-refractivity contribution is 0.0206. The van der Waals surface area contributed by atoms with Crippen LogP contribution in [-0.4, -0.2) is 29.8 Å². The van der Waals surface area contributed by atoms with Gasteiger partial charge in [-0.1, -0.05) is 0 Å². The van der Waals surface area contributed by atoms with E-state index in [0.29, 0.717) is 16.6 Å². The molecular formula is C13H16BrNO3. The number of nitrogens with one attached hydrogen (secondary N) is 1. The Hall–Kier alpha value is -1.07. The molecule has 1 heterocycles. The highest BCUT2D eigenvalue weighted by atomic mass is 79.9. The molecule has 0 saturated carbocycles. The third-order valence-corrected chi connectivity index (χ3v) is 3.80. The van der Waals surface area contributed by atoms with E-state index in [1.54, 1.807) is 12.1 Å². The highest BCUT2D eigenvalue weighted by Gasteiger charge is 2.30. The van der Waals surface area contributed by atoms with Gasteiger partial charge in [0.05, 0.1) is 10.1 Å². The molecule has 1 amide bonds. The van der Waals surface area contributed by atoms with Gasteiger partial charge in [0.15, 0.2) is 0 Å². The van der Waals surface area contributed by atoms with Crippen LogP contribution in [0.25, 0.3) is 0 Å². The zero-order valence-electron chi connectivity index (χ0n) is 10.2. The van der Waals surface area contributed by atoms with Crippen LogP contribution < -0.4 is 5.32 Å². The molecule has 1 unspecified atom stereocenters. The van der Waals surface area contributed by atoms with E-state index >= 15 is 0 Å². The Morgan fingerprint density at radius 1 is 1.61 bits per heavy atom. The van der Waals surface area contributed by atoms with Crippen molar-refractivity contribution in [2.45, 2.75) is 25.4 Å². The molecule has 0 spiro atoms. The van der Waals surface area contributed by atoms with Gasteiger partial charge in [-0.3, -0.25) is 4.79 Å². The number of amides is 1. The van der Waals surface area contributed by atoms with Crippen molar-refractivity contribution in [2.75, 3.05) is 13.2 Å². The molecule has 1 atom stereocenters. The molecule has 2 N–H and O–H groups in total. The van der Waals surface area contributed by atoms with Crippen molar-refractivity contribution in [2.24, 2.45) is 0 Å². The Labute approximate surface area is 114 Å². The van der Waals surface area contributed by atoms with E-state index in [1.165, 1.54) is 6.07 Å². The number of aromatic hydroxyl groups is 1. The van der Waals surface area contributed by atoms with Gasteiger partial charge < -0.3 is 15.2 Å². The molecule has 1 saturated heterocycles. The Balaban J connectivity index is 1.97. The van der Waals surface area contributed by atoms with Crippen LogP contribution in [0.3, 0.4) is 0 Å². The molecule has 0 radical (unpaired) electrons. The molecule has 4 nitrogen and oxygen atoms in total. The predicted molar refractivity (Wildman–Crippen MR) is 71.7 cm³/mol. The largest absolute Gasteiger partial charge is 0.507 e. The quantitative estimate of drug-likeness (QED) is 0.901. The summed E-state index contributed by atoms with van der Waals surface area (Å²) in [5.41, 5.74) is 0.185. The molecule has 5 heteroatoms. The van der Waals surface area contributed by atoms with Crippen molar-refractivity contribution >= 4 is 21.8 Å². The number of phenolic OH excluding ortho intramolecular Hbond substituents is 1. The molecule has 0 bridgehead atoms. The van der Waals surface area contributed by atoms with Crippen molar-refractivity contribution in [3.05, 3.63) is 28.2 Å². The van der Waals surface area contributed by atoms with E-state index in [-0.39, 0.29) is 17.3 Å². The summed E-state index contributed by atoms with van der Waals surface area (Å²) in [6.07, 6.45) is 1.99. The number of rotatable bonds is 3. The fourth-order valence-corrected chi connectivity index (χ4v) is 2.25. The minimum atomic E-state index is -0.257. The fraction of sp³-hybridized carbons (Fsp3) is 0.462. The second kappa shape index (κ2) is 5.28. The fourth-order valence-electron chi connectivity index (χ4n) is 2.00. The van der Waals surface area contributed by atoms with Crippen molar-refractivity contribution in [1.82, 2.24) is 5.32 Å². The topological polar surface area (TPSA) is 58.6 Å². The van der Waals surface area contributed by atoms with Gasteiger partial charge >= 0.3 is 0 Å². The number of phenols is 1. The predicted octanol–water partition coefficient (Wildman–Crippen LogP) is 2.45. The van der Waals surface area contributed by atoms with Crippen LogP contribution in [0.5, 0.6) is 5.75 Å². The summed E-state index contributed by atoms with van der Waals surface area (Å²) in [5, 5.41) is 12.4. The van der Waals surface area contributed by atoms with E-state index in [0.717, 1.165) is 19.4 Å². The van der Waals surface area contributed by atoms with E-state index in [1.807, 2.05) is 6.92 Å². The highest BCUT2D eigenvalue weighted by Crippen LogP contribution is 2.25. The summed E-state index contributed by atoms with van der Waals surface area (Å²) in [7, 11) is 0. The first-order valence-corrected chi connectivity index (χ1v) is 6.70. The number of hydrogen-bond acceptors (Lipinski definition) is 3. The zero-order valence-corrected chi connectivity index (χ0v) is 11.8. The molecule has 0 aliphatic carbocycles. The van der Waals surface area contributed by atoms with Crippen LogP contribution in [0, 0.1) is 0 Å². The van der Waals surface area contributed by atoms with Gasteiger partial charge in [0.2, 0.25) is 0 Å². The standard InChI is InChI=1S/C13H16BrNO3/c1-13(5-2-6-18-13)8-15-12(17)9-3-4-10(14)11(16)7-9/h3-4,7,16H,2,5-6,8H2,1H3,(H,15,17). The summed E-state index contributed by atoms with van der Waals surface area (Å²) < 4.78 is 6.17. The average Bonchev–Trinajstić information content (AvgIpc) is 2.77. The summed E-state index contributed by atoms with van der Waals surface area (Å²) in [4.78, 5) is 11.9. The third-order valence-electron chi connectivity index (χ3n) is 3.13. The van der Waals surface area contributed by atoms with Gasteiger partial charge in [-0.2, -0.15) is 0 Å². The molecule has 18 heavy (non-hydrogen) atoms. The van der Waals surface area contributed by atoms with Gasteiger partial charge in [0, 0.05) is 18.7 Å². The second-order valence-corrected chi connectivity index (χ2v) is 5.61. The van der Waals surface area contributed by atoms with E-state index in [9.17, 15) is 9.90 Å². The Morgan fingerprint density at radius 2 is 2.39 bits per heavy atom. The van der Waals surface area contributed by atoms with Gasteiger partial charge in [0.25, 0.3) is 5.91 Å². The minimum absolute atomic E-state index is 0.0611. The Morgan fingerprint density at radius 3 is 3.00 bits per heavy atom. The van der Waals surface area contributed by atoms with Gasteiger partial charge in [-0.25, -0.2) is 0 Å². The van der Waals surface area contributed by atoms with Crippen LogP contribution in [0.15, 0.2) is 22.7 Å². The molecular weight excluding hydrogens is 298 g/mol. The second-order valence-electron chi connectivity index (χ2n) is 4.75. The highest BCUT2D eigenvalue weighted by molar-refractivity contribution is 9.10. The number of carbonyl (C=O) groups is 1. The lowest BCUT2D eigenvalue weighted by atomic mass is 10.0. The lowest BCUT2D eigenvalue weighted by Crippen LogP contribution is -2.40. The summed E-state index contributed by atoms with van der Waals surface area (Å²) in [6.45, 7) is 3.24. The molecule has 0 aromatic heterocycles. The van der Waals surface area contributed by atoms with E-state index in [2.05, 4.69) is 21.2 Å². The van der Waals surface area contributed by atoms with Crippen LogP contribution in [0.1, 0.15) is 30.1 Å². The molecule has 2 rings (SSSR count). The number of halogens is 1. The zero-order chi connectivity index (χ0) is 13.2. The van der Waals surface area contributed by atoms with Gasteiger partial charge in [-0.05, 0) is 53.9 Å². The van der Waals surface area contributed by atoms with Crippen molar-refractivity contribution in [3.8, 4) is 5.75 Å². The number of benzene rings is 1. The van der Waals surface area contributed by atoms with Crippen LogP contribution in [-0.2, 0) is 4.74 Å². The molecule has 1 aromatic carbocycles. The molecule has 1 fully saturated rings. The first-order chi connectivity index (χ1) is 8.50. The number of hydrogen-bond donors (Lipinski definition) is 2.